The Morgan fingerprint density at radius 2 is 2.19 bits per heavy atom. The number of fused-ring (bicyclic) bond motifs is 1. The molecule has 0 aliphatic carbocycles. The first-order valence-electron chi connectivity index (χ1n) is 9.82. The fourth-order valence-corrected chi connectivity index (χ4v) is 3.90. The third-order valence-corrected chi connectivity index (χ3v) is 5.45. The van der Waals surface area contributed by atoms with Crippen LogP contribution in [0.1, 0.15) is 31.7 Å². The lowest BCUT2D eigenvalue weighted by atomic mass is 9.93. The Hall–Kier alpha value is -1.50. The summed E-state index contributed by atoms with van der Waals surface area (Å²) in [5.74, 6) is 1.19. The highest BCUT2D eigenvalue weighted by atomic mass is 35.5. The lowest BCUT2D eigenvalue weighted by molar-refractivity contribution is -0.121. The molecule has 27 heavy (non-hydrogen) atoms. The van der Waals surface area contributed by atoms with Crippen LogP contribution in [0.25, 0.3) is 0 Å². The molecule has 2 aliphatic rings. The first kappa shape index (κ1) is 20.2. The van der Waals surface area contributed by atoms with Crippen molar-refractivity contribution < 1.29 is 19.4 Å². The number of piperidine rings is 1. The first-order chi connectivity index (χ1) is 13.1. The number of nitrogens with one attached hydrogen (secondary N) is 1. The topological polar surface area (TPSA) is 71.0 Å². The fraction of sp³-hybridized carbons (Fsp3) is 0.650. The largest absolute Gasteiger partial charge is 0.486 e. The van der Waals surface area contributed by atoms with Gasteiger partial charge in [-0.1, -0.05) is 24.9 Å². The van der Waals surface area contributed by atoms with Gasteiger partial charge in [0.1, 0.15) is 13.2 Å². The van der Waals surface area contributed by atoms with Crippen molar-refractivity contribution in [2.45, 2.75) is 38.7 Å². The maximum Gasteiger partial charge on any atom is 0.224 e. The number of amides is 1. The molecule has 0 saturated carbocycles. The summed E-state index contributed by atoms with van der Waals surface area (Å²) in [4.78, 5) is 14.7. The lowest BCUT2D eigenvalue weighted by Gasteiger charge is -2.36. The molecule has 1 amide bonds. The minimum Gasteiger partial charge on any atom is -0.486 e. The van der Waals surface area contributed by atoms with Crippen LogP contribution in [-0.2, 0) is 11.2 Å². The fourth-order valence-electron chi connectivity index (χ4n) is 3.67. The maximum absolute atomic E-state index is 12.4. The van der Waals surface area contributed by atoms with E-state index < -0.39 is 6.10 Å². The van der Waals surface area contributed by atoms with E-state index in [1.165, 1.54) is 0 Å². The van der Waals surface area contributed by atoms with E-state index in [0.29, 0.717) is 42.8 Å². The van der Waals surface area contributed by atoms with Gasteiger partial charge in [-0.15, -0.1) is 0 Å². The zero-order valence-electron chi connectivity index (χ0n) is 15.9. The molecule has 1 aromatic rings. The third-order valence-electron chi connectivity index (χ3n) is 5.23. The van der Waals surface area contributed by atoms with Crippen LogP contribution in [0.3, 0.4) is 0 Å². The normalized spacial score (nSPS) is 22.5. The first-order valence-corrected chi connectivity index (χ1v) is 10.2. The van der Waals surface area contributed by atoms with Gasteiger partial charge in [-0.25, -0.2) is 0 Å². The van der Waals surface area contributed by atoms with Gasteiger partial charge in [-0.2, -0.15) is 0 Å². The number of β-amino-alcohol motifs (C(OH)–C–C–N with tert-alkyl or cyclic N) is 1. The van der Waals surface area contributed by atoms with E-state index in [4.69, 9.17) is 21.1 Å². The highest BCUT2D eigenvalue weighted by molar-refractivity contribution is 6.30. The average Bonchev–Trinajstić information content (AvgIpc) is 2.65. The summed E-state index contributed by atoms with van der Waals surface area (Å²) >= 11 is 6.13. The predicted molar refractivity (Wildman–Crippen MR) is 105 cm³/mol. The second-order valence-electron chi connectivity index (χ2n) is 7.34. The van der Waals surface area contributed by atoms with E-state index in [2.05, 4.69) is 17.1 Å². The SMILES string of the molecule is CCCCN1CC[C@@H](CNC(=O)Cc2cc(Cl)cc3c2OCCO3)[C@H](O)C1. The number of carbonyl (C=O) groups is 1. The van der Waals surface area contributed by atoms with Crippen LogP contribution in [0, 0.1) is 5.92 Å². The molecule has 7 heteroatoms. The molecule has 2 heterocycles. The van der Waals surface area contributed by atoms with Crippen LogP contribution < -0.4 is 14.8 Å². The Balaban J connectivity index is 1.50. The van der Waals surface area contributed by atoms with Crippen molar-refractivity contribution in [3.05, 3.63) is 22.7 Å². The molecule has 3 rings (SSSR count). The summed E-state index contributed by atoms with van der Waals surface area (Å²) in [7, 11) is 0. The van der Waals surface area contributed by atoms with Crippen molar-refractivity contribution in [2.24, 2.45) is 5.92 Å². The average molecular weight is 397 g/mol. The van der Waals surface area contributed by atoms with Gasteiger partial charge in [0.05, 0.1) is 12.5 Å². The second kappa shape index (κ2) is 9.62. The molecule has 6 nitrogen and oxygen atoms in total. The summed E-state index contributed by atoms with van der Waals surface area (Å²) in [6, 6.07) is 3.45. The number of likely N-dealkylation sites (tertiary alicyclic amines) is 1. The second-order valence-corrected chi connectivity index (χ2v) is 7.78. The number of unbranched alkanes of at least 4 members (excludes halogenated alkanes) is 1. The molecule has 0 radical (unpaired) electrons. The van der Waals surface area contributed by atoms with Gasteiger partial charge in [-0.05, 0) is 32.0 Å². The number of rotatable bonds is 7. The molecule has 2 aliphatic heterocycles. The molecule has 1 saturated heterocycles. The van der Waals surface area contributed by atoms with Crippen molar-refractivity contribution in [2.75, 3.05) is 39.4 Å². The van der Waals surface area contributed by atoms with E-state index in [-0.39, 0.29) is 18.2 Å². The third kappa shape index (κ3) is 5.50. The van der Waals surface area contributed by atoms with Crippen molar-refractivity contribution >= 4 is 17.5 Å². The van der Waals surface area contributed by atoms with Crippen LogP contribution >= 0.6 is 11.6 Å². The molecule has 2 N–H and O–H groups in total. The minimum atomic E-state index is -0.397. The highest BCUT2D eigenvalue weighted by Gasteiger charge is 2.28. The summed E-state index contributed by atoms with van der Waals surface area (Å²) in [5.41, 5.74) is 0.727. The van der Waals surface area contributed by atoms with E-state index >= 15 is 0 Å². The number of hydrogen-bond acceptors (Lipinski definition) is 5. The number of hydrogen-bond donors (Lipinski definition) is 2. The van der Waals surface area contributed by atoms with Crippen molar-refractivity contribution in [1.29, 1.82) is 0 Å². The number of aliphatic hydroxyl groups excluding tert-OH is 1. The monoisotopic (exact) mass is 396 g/mol. The number of benzene rings is 1. The van der Waals surface area contributed by atoms with Crippen LogP contribution in [0.5, 0.6) is 11.5 Å². The molecule has 150 valence electrons. The van der Waals surface area contributed by atoms with Crippen molar-refractivity contribution in [1.82, 2.24) is 10.2 Å². The minimum absolute atomic E-state index is 0.0969. The predicted octanol–water partition coefficient (Wildman–Crippen LogP) is 2.25. The van der Waals surface area contributed by atoms with Gasteiger partial charge in [-0.3, -0.25) is 4.79 Å². The van der Waals surface area contributed by atoms with Gasteiger partial charge in [0.2, 0.25) is 5.91 Å². The van der Waals surface area contributed by atoms with Gasteiger partial charge < -0.3 is 24.8 Å². The number of nitrogens with zero attached hydrogens (tertiary/aromatic N) is 1. The van der Waals surface area contributed by atoms with Crippen LogP contribution in [0.2, 0.25) is 5.02 Å². The summed E-state index contributed by atoms with van der Waals surface area (Å²) in [6.45, 7) is 6.31. The molecule has 0 unspecified atom stereocenters. The Kier molecular flexibility index (Phi) is 7.21. The van der Waals surface area contributed by atoms with Gasteiger partial charge in [0.25, 0.3) is 0 Å². The van der Waals surface area contributed by atoms with E-state index in [9.17, 15) is 9.90 Å². The Morgan fingerprint density at radius 1 is 1.37 bits per heavy atom. The smallest absolute Gasteiger partial charge is 0.224 e. The van der Waals surface area contributed by atoms with Crippen LogP contribution in [-0.4, -0.2) is 61.4 Å². The summed E-state index contributed by atoms with van der Waals surface area (Å²) in [5, 5.41) is 13.9. The number of aliphatic hydroxyl groups is 1. The quantitative estimate of drug-likeness (QED) is 0.739. The van der Waals surface area contributed by atoms with E-state index in [1.807, 2.05) is 0 Å². The molecular weight excluding hydrogens is 368 g/mol. The number of ether oxygens (including phenoxy) is 2. The Bertz CT molecular complexity index is 655. The molecule has 0 bridgehead atoms. The standard InChI is InChI=1S/C20H29ClN2O4/c1-2-3-5-23-6-4-14(17(24)13-23)12-22-19(25)10-15-9-16(21)11-18-20(15)27-8-7-26-18/h9,11,14,17,24H,2-8,10,12-13H2,1H3,(H,22,25)/t14-,17+/m0/s1. The Labute approximate surface area is 165 Å². The highest BCUT2D eigenvalue weighted by Crippen LogP contribution is 2.37. The Morgan fingerprint density at radius 3 is 2.96 bits per heavy atom. The number of halogens is 1. The summed E-state index contributed by atoms with van der Waals surface area (Å²) < 4.78 is 11.2. The molecule has 1 fully saturated rings. The van der Waals surface area contributed by atoms with E-state index in [1.54, 1.807) is 12.1 Å². The van der Waals surface area contributed by atoms with Crippen molar-refractivity contribution in [3.8, 4) is 11.5 Å². The molecular formula is C20H29ClN2O4. The molecule has 0 spiro atoms. The maximum atomic E-state index is 12.4. The van der Waals surface area contributed by atoms with Crippen LogP contribution in [0.4, 0.5) is 0 Å². The molecule has 0 aromatic heterocycles. The zero-order chi connectivity index (χ0) is 19.2. The van der Waals surface area contributed by atoms with Gasteiger partial charge in [0, 0.05) is 35.7 Å². The lowest BCUT2D eigenvalue weighted by Crippen LogP contribution is -2.48. The van der Waals surface area contributed by atoms with Crippen molar-refractivity contribution in [3.63, 3.8) is 0 Å². The molecule has 1 aromatic carbocycles. The molecule has 2 atom stereocenters. The number of carbonyl (C=O) groups excluding carboxylic acids is 1. The van der Waals surface area contributed by atoms with E-state index in [0.717, 1.165) is 37.9 Å². The van der Waals surface area contributed by atoms with Gasteiger partial charge in [0.15, 0.2) is 11.5 Å². The van der Waals surface area contributed by atoms with Gasteiger partial charge >= 0.3 is 0 Å². The van der Waals surface area contributed by atoms with Crippen LogP contribution in [0.15, 0.2) is 12.1 Å². The summed E-state index contributed by atoms with van der Waals surface area (Å²) in [6.07, 6.45) is 3.00. The zero-order valence-corrected chi connectivity index (χ0v) is 16.6.